The van der Waals surface area contributed by atoms with Crippen LogP contribution in [-0.2, 0) is 5.41 Å². The zero-order valence-corrected chi connectivity index (χ0v) is 25.7. The minimum atomic E-state index is -0.730. The fraction of sp³-hybridized carbons (Fsp3) is 0.333. The number of methoxy groups -OCH3 is 4. The van der Waals surface area contributed by atoms with Crippen LogP contribution in [0, 0.1) is 13.8 Å². The first-order chi connectivity index (χ1) is 21.3. The minimum Gasteiger partial charge on any atom is -0.508 e. The van der Waals surface area contributed by atoms with Crippen LogP contribution in [0.2, 0.25) is 0 Å². The van der Waals surface area contributed by atoms with Gasteiger partial charge in [-0.25, -0.2) is 0 Å². The molecule has 0 fully saturated rings. The predicted molar refractivity (Wildman–Crippen MR) is 165 cm³/mol. The zero-order chi connectivity index (χ0) is 30.9. The molecule has 8 nitrogen and oxygen atoms in total. The molecule has 0 spiro atoms. The first kappa shape index (κ1) is 28.1. The van der Waals surface area contributed by atoms with Crippen molar-refractivity contribution in [2.45, 2.75) is 37.0 Å². The average Bonchev–Trinajstić information content (AvgIpc) is 3.06. The standard InChI is InChI=1S/C36H36O8/c1-18-26(37)10-8-21-32-24(16-43-34(18)21)23-14-30(41-5)31(42-6)15-25(23)36(20-7-12-28(39-3)29(13-20)40-4)17-44-35-19(2)27(38)11-9-22(35)33(32)36/h7-15,24,32-33,37-38H,16-17H2,1-6H3. The van der Waals surface area contributed by atoms with Crippen LogP contribution in [0.25, 0.3) is 0 Å². The summed E-state index contributed by atoms with van der Waals surface area (Å²) in [4.78, 5) is 0. The van der Waals surface area contributed by atoms with Crippen LogP contribution in [0.4, 0.5) is 0 Å². The van der Waals surface area contributed by atoms with Crippen molar-refractivity contribution in [2.75, 3.05) is 41.7 Å². The molecule has 4 unspecified atom stereocenters. The second-order valence-electron chi connectivity index (χ2n) is 11.8. The molecule has 44 heavy (non-hydrogen) atoms. The molecule has 0 saturated carbocycles. The quantitative estimate of drug-likeness (QED) is 0.270. The highest BCUT2D eigenvalue weighted by Crippen LogP contribution is 2.67. The van der Waals surface area contributed by atoms with Gasteiger partial charge in [-0.3, -0.25) is 0 Å². The number of hydrogen-bond donors (Lipinski definition) is 2. The summed E-state index contributed by atoms with van der Waals surface area (Å²) in [6.07, 6.45) is 0. The number of phenolic OH excluding ortho intramolecular Hbond substituents is 2. The SMILES string of the molecule is COc1ccc(C23COc4c(ccc(O)c4C)C2C2c4ccc(O)c(C)c4OCC2c2cc(OC)c(OC)cc23)cc1OC. The monoisotopic (exact) mass is 596 g/mol. The molecule has 8 heteroatoms. The first-order valence-corrected chi connectivity index (χ1v) is 14.7. The molecular formula is C36H36O8. The van der Waals surface area contributed by atoms with Crippen molar-refractivity contribution >= 4 is 0 Å². The van der Waals surface area contributed by atoms with Crippen LogP contribution >= 0.6 is 0 Å². The molecule has 7 rings (SSSR count). The molecule has 0 saturated heterocycles. The first-order valence-electron chi connectivity index (χ1n) is 14.7. The van der Waals surface area contributed by atoms with Gasteiger partial charge in [0.1, 0.15) is 29.6 Å². The van der Waals surface area contributed by atoms with E-state index in [1.54, 1.807) is 40.6 Å². The smallest absolute Gasteiger partial charge is 0.161 e. The van der Waals surface area contributed by atoms with Gasteiger partial charge in [-0.05, 0) is 78.1 Å². The normalized spacial score (nSPS) is 22.5. The van der Waals surface area contributed by atoms with Crippen LogP contribution in [0.3, 0.4) is 0 Å². The van der Waals surface area contributed by atoms with E-state index in [0.29, 0.717) is 58.8 Å². The van der Waals surface area contributed by atoms with Gasteiger partial charge in [0.15, 0.2) is 23.0 Å². The highest BCUT2D eigenvalue weighted by atomic mass is 16.5. The van der Waals surface area contributed by atoms with Crippen molar-refractivity contribution in [1.29, 1.82) is 0 Å². The summed E-state index contributed by atoms with van der Waals surface area (Å²) in [7, 11) is 6.55. The van der Waals surface area contributed by atoms with E-state index in [1.807, 2.05) is 38.1 Å². The second-order valence-corrected chi connectivity index (χ2v) is 11.8. The van der Waals surface area contributed by atoms with E-state index in [0.717, 1.165) is 27.8 Å². The van der Waals surface area contributed by atoms with E-state index in [-0.39, 0.29) is 29.3 Å². The molecule has 4 atom stereocenters. The van der Waals surface area contributed by atoms with Crippen molar-refractivity contribution < 1.29 is 38.6 Å². The van der Waals surface area contributed by atoms with Gasteiger partial charge in [-0.2, -0.15) is 0 Å². The molecule has 2 N–H and O–H groups in total. The molecule has 0 amide bonds. The van der Waals surface area contributed by atoms with Crippen molar-refractivity contribution in [3.63, 3.8) is 0 Å². The van der Waals surface area contributed by atoms with E-state index in [2.05, 4.69) is 18.2 Å². The lowest BCUT2D eigenvalue weighted by atomic mass is 9.49. The zero-order valence-electron chi connectivity index (χ0n) is 25.7. The number of ether oxygens (including phenoxy) is 6. The van der Waals surface area contributed by atoms with Gasteiger partial charge >= 0.3 is 0 Å². The van der Waals surface area contributed by atoms with Gasteiger partial charge in [0, 0.05) is 28.9 Å². The summed E-state index contributed by atoms with van der Waals surface area (Å²) in [5.74, 6) is 3.99. The maximum Gasteiger partial charge on any atom is 0.161 e. The number of aromatic hydroxyl groups is 2. The number of benzene rings is 4. The third kappa shape index (κ3) is 3.69. The summed E-state index contributed by atoms with van der Waals surface area (Å²) >= 11 is 0. The minimum absolute atomic E-state index is 0.0559. The van der Waals surface area contributed by atoms with Crippen LogP contribution in [0.15, 0.2) is 54.6 Å². The molecule has 0 radical (unpaired) electrons. The molecule has 4 aromatic rings. The van der Waals surface area contributed by atoms with Crippen molar-refractivity contribution in [3.05, 3.63) is 93.5 Å². The fourth-order valence-electron chi connectivity index (χ4n) is 7.89. The van der Waals surface area contributed by atoms with E-state index in [4.69, 9.17) is 28.4 Å². The van der Waals surface area contributed by atoms with Crippen LogP contribution in [0.5, 0.6) is 46.0 Å². The van der Waals surface area contributed by atoms with Crippen molar-refractivity contribution in [3.8, 4) is 46.0 Å². The molecule has 2 aliphatic heterocycles. The Balaban J connectivity index is 1.63. The third-order valence-corrected chi connectivity index (χ3v) is 10.0. The largest absolute Gasteiger partial charge is 0.508 e. The van der Waals surface area contributed by atoms with E-state index >= 15 is 0 Å². The molecule has 228 valence electrons. The lowest BCUT2D eigenvalue weighted by molar-refractivity contribution is 0.123. The summed E-state index contributed by atoms with van der Waals surface area (Å²) in [5.41, 5.74) is 5.82. The van der Waals surface area contributed by atoms with E-state index in [1.165, 1.54) is 0 Å². The van der Waals surface area contributed by atoms with Crippen LogP contribution < -0.4 is 28.4 Å². The Hall–Kier alpha value is -4.72. The molecule has 3 aliphatic rings. The van der Waals surface area contributed by atoms with Crippen LogP contribution in [-0.4, -0.2) is 51.9 Å². The average molecular weight is 597 g/mol. The molecule has 0 aromatic heterocycles. The van der Waals surface area contributed by atoms with Gasteiger partial charge in [0.2, 0.25) is 0 Å². The highest BCUT2D eigenvalue weighted by molar-refractivity contribution is 5.67. The van der Waals surface area contributed by atoms with Crippen molar-refractivity contribution in [1.82, 2.24) is 0 Å². The van der Waals surface area contributed by atoms with Gasteiger partial charge in [0.25, 0.3) is 0 Å². The lowest BCUT2D eigenvalue weighted by Crippen LogP contribution is -2.52. The molecule has 2 heterocycles. The van der Waals surface area contributed by atoms with Crippen molar-refractivity contribution in [2.24, 2.45) is 0 Å². The number of phenols is 2. The Morgan fingerprint density at radius 3 is 1.91 bits per heavy atom. The van der Waals surface area contributed by atoms with Gasteiger partial charge in [0.05, 0.1) is 40.5 Å². The fourth-order valence-corrected chi connectivity index (χ4v) is 7.89. The Morgan fingerprint density at radius 2 is 1.25 bits per heavy atom. The Morgan fingerprint density at radius 1 is 0.659 bits per heavy atom. The summed E-state index contributed by atoms with van der Waals surface area (Å²) in [5, 5.41) is 21.4. The number of rotatable bonds is 5. The highest BCUT2D eigenvalue weighted by Gasteiger charge is 2.59. The summed E-state index contributed by atoms with van der Waals surface area (Å²) < 4.78 is 36.3. The van der Waals surface area contributed by atoms with Gasteiger partial charge < -0.3 is 38.6 Å². The topological polar surface area (TPSA) is 95.8 Å². The molecule has 4 aromatic carbocycles. The Labute approximate surface area is 256 Å². The molecule has 0 bridgehead atoms. The van der Waals surface area contributed by atoms with Gasteiger partial charge in [-0.1, -0.05) is 18.2 Å². The van der Waals surface area contributed by atoms with E-state index in [9.17, 15) is 10.2 Å². The summed E-state index contributed by atoms with van der Waals surface area (Å²) in [6.45, 7) is 4.49. The molecule has 1 aliphatic carbocycles. The maximum atomic E-state index is 10.7. The van der Waals surface area contributed by atoms with Gasteiger partial charge in [-0.15, -0.1) is 0 Å². The Bertz CT molecular complexity index is 1800. The lowest BCUT2D eigenvalue weighted by Gasteiger charge is -2.56. The van der Waals surface area contributed by atoms with E-state index < -0.39 is 5.41 Å². The predicted octanol–water partition coefficient (Wildman–Crippen LogP) is 6.48. The second kappa shape index (κ2) is 10.2. The van der Waals surface area contributed by atoms with Crippen LogP contribution in [0.1, 0.15) is 56.7 Å². The maximum absolute atomic E-state index is 10.7. The number of hydrogen-bond acceptors (Lipinski definition) is 8. The molecular weight excluding hydrogens is 560 g/mol. The number of fused-ring (bicyclic) bond motifs is 10. The third-order valence-electron chi connectivity index (χ3n) is 10.0. The summed E-state index contributed by atoms with van der Waals surface area (Å²) in [6, 6.07) is 17.7. The Kier molecular flexibility index (Phi) is 6.50.